The van der Waals surface area contributed by atoms with Gasteiger partial charge in [-0.15, -0.1) is 0 Å². The molecule has 1 rings (SSSR count). The van der Waals surface area contributed by atoms with Crippen LogP contribution in [0.3, 0.4) is 0 Å². The Kier molecular flexibility index (Phi) is 6.61. The van der Waals surface area contributed by atoms with E-state index in [1.54, 1.807) is 0 Å². The van der Waals surface area contributed by atoms with E-state index in [-0.39, 0.29) is 5.54 Å². The smallest absolute Gasteiger partial charge is 0.0702 e. The zero-order chi connectivity index (χ0) is 13.6. The minimum absolute atomic E-state index is 0.222. The average molecular weight is 256 g/mol. The van der Waals surface area contributed by atoms with Gasteiger partial charge in [-0.05, 0) is 52.6 Å². The number of hydrogen-bond acceptors (Lipinski definition) is 3. The zero-order valence-corrected chi connectivity index (χ0v) is 13.0. The molecule has 2 unspecified atom stereocenters. The first-order valence-corrected chi connectivity index (χ1v) is 7.49. The fourth-order valence-electron chi connectivity index (χ4n) is 2.39. The van der Waals surface area contributed by atoms with Crippen LogP contribution in [0.1, 0.15) is 47.5 Å². The molecule has 1 fully saturated rings. The maximum Gasteiger partial charge on any atom is 0.0702 e. The lowest BCUT2D eigenvalue weighted by Crippen LogP contribution is -2.42. The van der Waals surface area contributed by atoms with Crippen LogP contribution in [0.15, 0.2) is 0 Å². The molecule has 18 heavy (non-hydrogen) atoms. The van der Waals surface area contributed by atoms with Gasteiger partial charge >= 0.3 is 0 Å². The van der Waals surface area contributed by atoms with Gasteiger partial charge in [0.15, 0.2) is 0 Å². The van der Waals surface area contributed by atoms with Gasteiger partial charge in [0.1, 0.15) is 0 Å². The molecule has 0 aliphatic carbocycles. The normalized spacial score (nSPS) is 22.7. The van der Waals surface area contributed by atoms with E-state index in [1.807, 2.05) is 0 Å². The number of rotatable bonds is 7. The van der Waals surface area contributed by atoms with E-state index in [0.29, 0.717) is 12.0 Å². The molecule has 0 radical (unpaired) electrons. The minimum Gasteiger partial charge on any atom is -0.377 e. The first-order chi connectivity index (χ1) is 8.40. The van der Waals surface area contributed by atoms with E-state index in [0.717, 1.165) is 26.2 Å². The second kappa shape index (κ2) is 7.46. The maximum atomic E-state index is 5.72. The molecule has 1 saturated heterocycles. The van der Waals surface area contributed by atoms with Gasteiger partial charge in [0.2, 0.25) is 0 Å². The van der Waals surface area contributed by atoms with Crippen LogP contribution in [0.25, 0.3) is 0 Å². The predicted octanol–water partition coefficient (Wildman–Crippen LogP) is 2.51. The minimum atomic E-state index is 0.222. The number of nitrogens with zero attached hydrogens (tertiary/aromatic N) is 1. The Balaban J connectivity index is 2.24. The highest BCUT2D eigenvalue weighted by Gasteiger charge is 2.20. The van der Waals surface area contributed by atoms with E-state index in [9.17, 15) is 0 Å². The highest BCUT2D eigenvalue weighted by atomic mass is 16.5. The first-order valence-electron chi connectivity index (χ1n) is 7.49. The van der Waals surface area contributed by atoms with E-state index >= 15 is 0 Å². The molecule has 1 heterocycles. The van der Waals surface area contributed by atoms with Gasteiger partial charge in [-0.3, -0.25) is 0 Å². The van der Waals surface area contributed by atoms with Crippen molar-refractivity contribution in [2.75, 3.05) is 32.8 Å². The van der Waals surface area contributed by atoms with Crippen molar-refractivity contribution >= 4 is 0 Å². The van der Waals surface area contributed by atoms with Crippen molar-refractivity contribution in [3.05, 3.63) is 0 Å². The lowest BCUT2D eigenvalue weighted by atomic mass is 10.1. The molecule has 1 aliphatic heterocycles. The Labute approximate surface area is 113 Å². The van der Waals surface area contributed by atoms with Gasteiger partial charge in [0, 0.05) is 25.2 Å². The van der Waals surface area contributed by atoms with Crippen LogP contribution in [0, 0.1) is 5.92 Å². The average Bonchev–Trinajstić information content (AvgIpc) is 2.77. The number of nitrogens with one attached hydrogen (secondary N) is 1. The molecule has 1 N–H and O–H groups in total. The van der Waals surface area contributed by atoms with E-state index in [2.05, 4.69) is 44.8 Å². The van der Waals surface area contributed by atoms with E-state index < -0.39 is 0 Å². The molecule has 0 bridgehead atoms. The van der Waals surface area contributed by atoms with Gasteiger partial charge < -0.3 is 15.0 Å². The summed E-state index contributed by atoms with van der Waals surface area (Å²) in [6.07, 6.45) is 2.96. The van der Waals surface area contributed by atoms with Crippen molar-refractivity contribution < 1.29 is 4.74 Å². The summed E-state index contributed by atoms with van der Waals surface area (Å²) in [5.41, 5.74) is 0.222. The Morgan fingerprint density at radius 3 is 2.61 bits per heavy atom. The second-order valence-electron chi connectivity index (χ2n) is 6.72. The fraction of sp³-hybridized carbons (Fsp3) is 1.00. The summed E-state index contributed by atoms with van der Waals surface area (Å²) in [5.74, 6) is 0.686. The van der Waals surface area contributed by atoms with Gasteiger partial charge in [-0.2, -0.15) is 0 Å². The Morgan fingerprint density at radius 2 is 2.11 bits per heavy atom. The fourth-order valence-corrected chi connectivity index (χ4v) is 2.39. The molecule has 0 aromatic carbocycles. The highest BCUT2D eigenvalue weighted by molar-refractivity contribution is 4.75. The van der Waals surface area contributed by atoms with E-state index in [1.165, 1.54) is 19.4 Å². The summed E-state index contributed by atoms with van der Waals surface area (Å²) < 4.78 is 5.72. The molecule has 108 valence electrons. The van der Waals surface area contributed by atoms with Crippen LogP contribution in [0.5, 0.6) is 0 Å². The van der Waals surface area contributed by atoms with Crippen molar-refractivity contribution in [1.29, 1.82) is 0 Å². The Hall–Kier alpha value is -0.120. The number of hydrogen-bond donors (Lipinski definition) is 1. The van der Waals surface area contributed by atoms with Crippen LogP contribution < -0.4 is 5.32 Å². The third kappa shape index (κ3) is 6.72. The van der Waals surface area contributed by atoms with Crippen molar-refractivity contribution in [2.24, 2.45) is 5.92 Å². The molecule has 3 nitrogen and oxygen atoms in total. The lowest BCUT2D eigenvalue weighted by Gasteiger charge is -2.29. The van der Waals surface area contributed by atoms with Crippen molar-refractivity contribution in [3.63, 3.8) is 0 Å². The third-order valence-electron chi connectivity index (χ3n) is 3.48. The molecule has 2 atom stereocenters. The first kappa shape index (κ1) is 15.9. The number of ether oxygens (including phenoxy) is 1. The summed E-state index contributed by atoms with van der Waals surface area (Å²) in [7, 11) is 0. The SMILES string of the molecule is CCN(CC(C)CNC(C)(C)C)CC1CCCO1. The third-order valence-corrected chi connectivity index (χ3v) is 3.48. The molecule has 0 amide bonds. The van der Waals surface area contributed by atoms with Crippen LogP contribution >= 0.6 is 0 Å². The van der Waals surface area contributed by atoms with Crippen LogP contribution in [-0.2, 0) is 4.74 Å². The molecule has 0 saturated carbocycles. The van der Waals surface area contributed by atoms with Gasteiger partial charge in [0.25, 0.3) is 0 Å². The molecular formula is C15H32N2O. The molecule has 0 aromatic rings. The Morgan fingerprint density at radius 1 is 1.39 bits per heavy atom. The highest BCUT2D eigenvalue weighted by Crippen LogP contribution is 2.14. The summed E-state index contributed by atoms with van der Waals surface area (Å²) >= 11 is 0. The zero-order valence-electron chi connectivity index (χ0n) is 13.0. The largest absolute Gasteiger partial charge is 0.377 e. The van der Waals surface area contributed by atoms with Crippen LogP contribution in [0.2, 0.25) is 0 Å². The standard InChI is InChI=1S/C15H32N2O/c1-6-17(12-14-8-7-9-18-14)11-13(2)10-16-15(3,4)5/h13-14,16H,6-12H2,1-5H3. The maximum absolute atomic E-state index is 5.72. The summed E-state index contributed by atoms with van der Waals surface area (Å²) in [6, 6.07) is 0. The van der Waals surface area contributed by atoms with Gasteiger partial charge in [0.05, 0.1) is 6.10 Å². The van der Waals surface area contributed by atoms with Crippen LogP contribution in [-0.4, -0.2) is 49.3 Å². The summed E-state index contributed by atoms with van der Waals surface area (Å²) in [4.78, 5) is 2.53. The van der Waals surface area contributed by atoms with Gasteiger partial charge in [-0.1, -0.05) is 13.8 Å². The molecule has 0 spiro atoms. The summed E-state index contributed by atoms with van der Waals surface area (Å²) in [6.45, 7) is 16.7. The molecule has 1 aliphatic rings. The molecular weight excluding hydrogens is 224 g/mol. The lowest BCUT2D eigenvalue weighted by molar-refractivity contribution is 0.0699. The van der Waals surface area contributed by atoms with Crippen molar-refractivity contribution in [3.8, 4) is 0 Å². The molecule has 3 heteroatoms. The predicted molar refractivity (Wildman–Crippen MR) is 78.0 cm³/mol. The van der Waals surface area contributed by atoms with Crippen molar-refractivity contribution in [2.45, 2.75) is 59.1 Å². The number of likely N-dealkylation sites (N-methyl/N-ethyl adjacent to an activating group) is 1. The quantitative estimate of drug-likeness (QED) is 0.757. The Bertz CT molecular complexity index is 219. The topological polar surface area (TPSA) is 24.5 Å². The monoisotopic (exact) mass is 256 g/mol. The van der Waals surface area contributed by atoms with Crippen molar-refractivity contribution in [1.82, 2.24) is 10.2 Å². The summed E-state index contributed by atoms with van der Waals surface area (Å²) in [5, 5.41) is 3.59. The van der Waals surface area contributed by atoms with Gasteiger partial charge in [-0.25, -0.2) is 0 Å². The molecule has 0 aromatic heterocycles. The van der Waals surface area contributed by atoms with Crippen LogP contribution in [0.4, 0.5) is 0 Å². The van der Waals surface area contributed by atoms with E-state index in [4.69, 9.17) is 4.74 Å². The second-order valence-corrected chi connectivity index (χ2v) is 6.72.